The minimum absolute atomic E-state index is 0.524. The van der Waals surface area contributed by atoms with Gasteiger partial charge in [0, 0.05) is 47.7 Å². The van der Waals surface area contributed by atoms with Gasteiger partial charge in [-0.2, -0.15) is 11.8 Å². The van der Waals surface area contributed by atoms with E-state index in [9.17, 15) is 4.21 Å². The lowest BCUT2D eigenvalue weighted by Crippen LogP contribution is -2.39. The minimum atomic E-state index is -0.524. The Morgan fingerprint density at radius 2 is 2.00 bits per heavy atom. The van der Waals surface area contributed by atoms with Crippen molar-refractivity contribution < 1.29 is 4.21 Å². The van der Waals surface area contributed by atoms with Crippen molar-refractivity contribution in [2.75, 3.05) is 36.9 Å². The van der Waals surface area contributed by atoms with Crippen LogP contribution >= 0.6 is 11.8 Å². The zero-order valence-corrected chi connectivity index (χ0v) is 10.1. The molecule has 1 heterocycles. The molecule has 0 saturated carbocycles. The van der Waals surface area contributed by atoms with E-state index in [1.165, 1.54) is 12.3 Å². The monoisotopic (exact) mass is 221 g/mol. The molecule has 1 aliphatic heterocycles. The van der Waals surface area contributed by atoms with E-state index < -0.39 is 10.8 Å². The molecule has 0 unspecified atom stereocenters. The molecule has 0 aromatic carbocycles. The number of rotatable bonds is 4. The van der Waals surface area contributed by atoms with Crippen LogP contribution in [0.25, 0.3) is 0 Å². The Labute approximate surface area is 87.9 Å². The lowest BCUT2D eigenvalue weighted by molar-refractivity contribution is 0.319. The maximum atomic E-state index is 11.1. The minimum Gasteiger partial charge on any atom is -0.301 e. The second-order valence-corrected chi connectivity index (χ2v) is 6.99. The van der Waals surface area contributed by atoms with E-state index >= 15 is 0 Å². The average Bonchev–Trinajstić information content (AvgIpc) is 2.08. The predicted molar refractivity (Wildman–Crippen MR) is 61.9 cm³/mol. The zero-order chi connectivity index (χ0) is 9.68. The third-order valence-electron chi connectivity index (χ3n) is 2.13. The fraction of sp³-hybridized carbons (Fsp3) is 1.00. The topological polar surface area (TPSA) is 20.3 Å². The van der Waals surface area contributed by atoms with Gasteiger partial charge in [-0.15, -0.1) is 0 Å². The SMILES string of the molecule is CC(C)SCCN1CCS(=O)CC1. The fourth-order valence-electron chi connectivity index (χ4n) is 1.32. The fourth-order valence-corrected chi connectivity index (χ4v) is 3.28. The molecule has 78 valence electrons. The van der Waals surface area contributed by atoms with Gasteiger partial charge in [0.05, 0.1) is 0 Å². The Morgan fingerprint density at radius 1 is 1.38 bits per heavy atom. The molecule has 0 aromatic heterocycles. The van der Waals surface area contributed by atoms with Crippen molar-refractivity contribution in [3.8, 4) is 0 Å². The van der Waals surface area contributed by atoms with Crippen LogP contribution in [0.15, 0.2) is 0 Å². The van der Waals surface area contributed by atoms with Gasteiger partial charge in [-0.3, -0.25) is 4.21 Å². The molecule has 2 nitrogen and oxygen atoms in total. The summed E-state index contributed by atoms with van der Waals surface area (Å²) in [6.07, 6.45) is 0. The van der Waals surface area contributed by atoms with Gasteiger partial charge in [0.1, 0.15) is 0 Å². The second-order valence-electron chi connectivity index (χ2n) is 3.61. The molecule has 13 heavy (non-hydrogen) atoms. The summed E-state index contributed by atoms with van der Waals surface area (Å²) < 4.78 is 11.1. The first-order valence-corrected chi connectivity index (χ1v) is 7.41. The lowest BCUT2D eigenvalue weighted by Gasteiger charge is -2.25. The number of nitrogens with zero attached hydrogens (tertiary/aromatic N) is 1. The predicted octanol–water partition coefficient (Wildman–Crippen LogP) is 1.19. The van der Waals surface area contributed by atoms with Crippen molar-refractivity contribution in [1.82, 2.24) is 4.90 Å². The van der Waals surface area contributed by atoms with Crippen molar-refractivity contribution >= 4 is 22.6 Å². The summed E-state index contributed by atoms with van der Waals surface area (Å²) in [5, 5.41) is 0.735. The Kier molecular flexibility index (Phi) is 5.36. The molecule has 0 radical (unpaired) electrons. The molecule has 0 amide bonds. The van der Waals surface area contributed by atoms with Crippen LogP contribution in [0.3, 0.4) is 0 Å². The van der Waals surface area contributed by atoms with E-state index in [2.05, 4.69) is 18.7 Å². The van der Waals surface area contributed by atoms with Crippen molar-refractivity contribution in [3.05, 3.63) is 0 Å². The molecule has 1 fully saturated rings. The normalized spacial score (nSPS) is 21.2. The summed E-state index contributed by atoms with van der Waals surface area (Å²) in [5.74, 6) is 2.98. The van der Waals surface area contributed by atoms with Gasteiger partial charge in [-0.25, -0.2) is 0 Å². The molecule has 1 saturated heterocycles. The molecular formula is C9H19NOS2. The highest BCUT2D eigenvalue weighted by molar-refractivity contribution is 7.99. The number of thioether (sulfide) groups is 1. The quantitative estimate of drug-likeness (QED) is 0.711. The molecule has 1 rings (SSSR count). The van der Waals surface area contributed by atoms with Crippen molar-refractivity contribution in [3.63, 3.8) is 0 Å². The van der Waals surface area contributed by atoms with Gasteiger partial charge in [0.25, 0.3) is 0 Å². The van der Waals surface area contributed by atoms with Crippen molar-refractivity contribution in [2.45, 2.75) is 19.1 Å². The summed E-state index contributed by atoms with van der Waals surface area (Å²) in [4.78, 5) is 2.43. The molecule has 0 bridgehead atoms. The van der Waals surface area contributed by atoms with E-state index in [4.69, 9.17) is 0 Å². The molecule has 0 aliphatic carbocycles. The molecule has 0 atom stereocenters. The maximum absolute atomic E-state index is 11.1. The standard InChI is InChI=1S/C9H19NOS2/c1-9(2)12-6-3-10-4-7-13(11)8-5-10/h9H,3-8H2,1-2H3. The highest BCUT2D eigenvalue weighted by Gasteiger charge is 2.14. The van der Waals surface area contributed by atoms with E-state index in [0.717, 1.165) is 29.8 Å². The zero-order valence-electron chi connectivity index (χ0n) is 8.49. The second kappa shape index (κ2) is 6.04. The molecule has 4 heteroatoms. The van der Waals surface area contributed by atoms with Gasteiger partial charge in [-0.1, -0.05) is 13.8 Å². The van der Waals surface area contributed by atoms with Gasteiger partial charge < -0.3 is 4.90 Å². The first kappa shape index (κ1) is 11.5. The largest absolute Gasteiger partial charge is 0.301 e. The van der Waals surface area contributed by atoms with Crippen LogP contribution in [0.2, 0.25) is 0 Å². The van der Waals surface area contributed by atoms with E-state index in [-0.39, 0.29) is 0 Å². The van der Waals surface area contributed by atoms with Crippen LogP contribution in [0.4, 0.5) is 0 Å². The van der Waals surface area contributed by atoms with Gasteiger partial charge >= 0.3 is 0 Å². The highest BCUT2D eigenvalue weighted by atomic mass is 32.2. The third kappa shape index (κ3) is 5.03. The van der Waals surface area contributed by atoms with E-state index in [1.54, 1.807) is 0 Å². The summed E-state index contributed by atoms with van der Waals surface area (Å²) in [5.41, 5.74) is 0. The molecule has 0 aromatic rings. The molecule has 0 spiro atoms. The summed E-state index contributed by atoms with van der Waals surface area (Å²) >= 11 is 2.01. The van der Waals surface area contributed by atoms with Crippen molar-refractivity contribution in [2.24, 2.45) is 0 Å². The molecular weight excluding hydrogens is 202 g/mol. The van der Waals surface area contributed by atoms with E-state index in [0.29, 0.717) is 0 Å². The Hall–Kier alpha value is 0.460. The van der Waals surface area contributed by atoms with Crippen LogP contribution in [0.1, 0.15) is 13.8 Å². The van der Waals surface area contributed by atoms with Crippen LogP contribution in [0, 0.1) is 0 Å². The van der Waals surface area contributed by atoms with Gasteiger partial charge in [0.15, 0.2) is 0 Å². The first-order valence-electron chi connectivity index (χ1n) is 4.87. The van der Waals surface area contributed by atoms with Crippen LogP contribution in [-0.4, -0.2) is 51.3 Å². The van der Waals surface area contributed by atoms with Crippen LogP contribution in [0.5, 0.6) is 0 Å². The third-order valence-corrected chi connectivity index (χ3v) is 4.49. The smallest absolute Gasteiger partial charge is 0.0363 e. The highest BCUT2D eigenvalue weighted by Crippen LogP contribution is 2.09. The first-order chi connectivity index (χ1) is 6.18. The Balaban J connectivity index is 2.05. The summed E-state index contributed by atoms with van der Waals surface area (Å²) in [7, 11) is -0.524. The maximum Gasteiger partial charge on any atom is 0.0363 e. The number of hydrogen-bond donors (Lipinski definition) is 0. The van der Waals surface area contributed by atoms with Gasteiger partial charge in [0.2, 0.25) is 0 Å². The van der Waals surface area contributed by atoms with Gasteiger partial charge in [-0.05, 0) is 5.25 Å². The summed E-state index contributed by atoms with van der Waals surface area (Å²) in [6, 6.07) is 0. The average molecular weight is 221 g/mol. The number of hydrogen-bond acceptors (Lipinski definition) is 3. The summed E-state index contributed by atoms with van der Waals surface area (Å²) in [6.45, 7) is 7.70. The van der Waals surface area contributed by atoms with E-state index in [1.807, 2.05) is 11.8 Å². The molecule has 0 N–H and O–H groups in total. The lowest BCUT2D eigenvalue weighted by atomic mass is 10.5. The Bertz CT molecular complexity index is 163. The molecule has 1 aliphatic rings. The van der Waals surface area contributed by atoms with Crippen molar-refractivity contribution in [1.29, 1.82) is 0 Å². The van der Waals surface area contributed by atoms with Crippen LogP contribution < -0.4 is 0 Å². The van der Waals surface area contributed by atoms with Crippen LogP contribution in [-0.2, 0) is 10.8 Å². The Morgan fingerprint density at radius 3 is 2.54 bits per heavy atom.